The molecular formula is C8H9ClN2O4S2. The van der Waals surface area contributed by atoms with Crippen LogP contribution in [0.4, 0.5) is 5.69 Å². The molecule has 0 aromatic carbocycles. The summed E-state index contributed by atoms with van der Waals surface area (Å²) in [6.45, 7) is 0.381. The Hall–Kier alpha value is -0.700. The van der Waals surface area contributed by atoms with E-state index >= 15 is 0 Å². The zero-order valence-corrected chi connectivity index (χ0v) is 10.9. The molecule has 17 heavy (non-hydrogen) atoms. The molecule has 1 saturated carbocycles. The Balaban J connectivity index is 2.19. The lowest BCUT2D eigenvalue weighted by Crippen LogP contribution is -2.25. The molecule has 0 atom stereocenters. The van der Waals surface area contributed by atoms with Crippen LogP contribution >= 0.6 is 22.9 Å². The monoisotopic (exact) mass is 296 g/mol. The predicted octanol–water partition coefficient (Wildman–Crippen LogP) is 2.00. The molecule has 1 aliphatic carbocycles. The fraction of sp³-hybridized carbons (Fsp3) is 0.500. The minimum atomic E-state index is -3.67. The normalized spacial score (nSPS) is 16.1. The van der Waals surface area contributed by atoms with Gasteiger partial charge in [-0.3, -0.25) is 10.1 Å². The number of sulfonamides is 1. The highest BCUT2D eigenvalue weighted by Crippen LogP contribution is 2.36. The number of nitrogens with zero attached hydrogens (tertiary/aromatic N) is 1. The van der Waals surface area contributed by atoms with Crippen LogP contribution in [-0.4, -0.2) is 19.9 Å². The summed E-state index contributed by atoms with van der Waals surface area (Å²) in [5.41, 5.74) is -0.372. The maximum absolute atomic E-state index is 11.8. The molecule has 1 N–H and O–H groups in total. The molecule has 0 radical (unpaired) electrons. The summed E-state index contributed by atoms with van der Waals surface area (Å²) in [5, 5.41) is 10.6. The molecule has 0 amide bonds. The van der Waals surface area contributed by atoms with Gasteiger partial charge in [-0.15, -0.1) is 11.3 Å². The van der Waals surface area contributed by atoms with E-state index in [1.165, 1.54) is 0 Å². The van der Waals surface area contributed by atoms with Crippen LogP contribution in [0.15, 0.2) is 10.3 Å². The van der Waals surface area contributed by atoms with Gasteiger partial charge in [-0.2, -0.15) is 0 Å². The van der Waals surface area contributed by atoms with Gasteiger partial charge in [0.1, 0.15) is 4.21 Å². The standard InChI is InChI=1S/C8H9ClN2O4S2/c9-8-6(11(12)13)3-7(16-8)17(14,15)10-4-5-1-2-5/h3,5,10H,1-2,4H2. The minimum absolute atomic E-state index is 0.116. The number of hydrogen-bond donors (Lipinski definition) is 1. The first-order valence-corrected chi connectivity index (χ1v) is 7.51. The number of thiophene rings is 1. The summed E-state index contributed by atoms with van der Waals surface area (Å²) in [6.07, 6.45) is 2.04. The van der Waals surface area contributed by atoms with Crippen molar-refractivity contribution in [3.63, 3.8) is 0 Å². The molecule has 1 aliphatic rings. The summed E-state index contributed by atoms with van der Waals surface area (Å²) in [5.74, 6) is 0.398. The molecule has 6 nitrogen and oxygen atoms in total. The lowest BCUT2D eigenvalue weighted by Gasteiger charge is -2.01. The van der Waals surface area contributed by atoms with Gasteiger partial charge in [0.15, 0.2) is 4.34 Å². The van der Waals surface area contributed by atoms with E-state index < -0.39 is 14.9 Å². The van der Waals surface area contributed by atoms with Crippen molar-refractivity contribution in [3.05, 3.63) is 20.5 Å². The minimum Gasteiger partial charge on any atom is -0.258 e. The first-order valence-electron chi connectivity index (χ1n) is 4.83. The van der Waals surface area contributed by atoms with Gasteiger partial charge in [0.25, 0.3) is 5.69 Å². The molecule has 94 valence electrons. The van der Waals surface area contributed by atoms with Crippen LogP contribution in [0.2, 0.25) is 4.34 Å². The van der Waals surface area contributed by atoms with Gasteiger partial charge in [0.2, 0.25) is 10.0 Å². The van der Waals surface area contributed by atoms with Crippen LogP contribution < -0.4 is 4.72 Å². The number of rotatable bonds is 5. The van der Waals surface area contributed by atoms with Gasteiger partial charge < -0.3 is 0 Å². The van der Waals surface area contributed by atoms with E-state index in [0.29, 0.717) is 23.8 Å². The van der Waals surface area contributed by atoms with Crippen molar-refractivity contribution in [2.45, 2.75) is 17.1 Å². The van der Waals surface area contributed by atoms with Gasteiger partial charge in [-0.05, 0) is 18.8 Å². The fourth-order valence-corrected chi connectivity index (χ4v) is 4.04. The van der Waals surface area contributed by atoms with Crippen molar-refractivity contribution in [2.24, 2.45) is 5.92 Å². The first-order chi connectivity index (χ1) is 7.90. The molecule has 0 saturated heterocycles. The lowest BCUT2D eigenvalue weighted by molar-refractivity contribution is -0.384. The molecule has 0 spiro atoms. The fourth-order valence-electron chi connectivity index (χ4n) is 1.22. The second-order valence-electron chi connectivity index (χ2n) is 3.78. The third-order valence-corrected chi connectivity index (χ3v) is 5.60. The Bertz CT molecular complexity index is 550. The SMILES string of the molecule is O=[N+]([O-])c1cc(S(=O)(=O)NCC2CC2)sc1Cl. The molecule has 1 fully saturated rings. The van der Waals surface area contributed by atoms with Gasteiger partial charge in [-0.1, -0.05) is 11.6 Å². The van der Waals surface area contributed by atoms with Crippen molar-refractivity contribution in [1.82, 2.24) is 4.72 Å². The zero-order valence-electron chi connectivity index (χ0n) is 8.55. The van der Waals surface area contributed by atoms with E-state index in [1.54, 1.807) is 0 Å². The van der Waals surface area contributed by atoms with Crippen LogP contribution in [0.3, 0.4) is 0 Å². The Morgan fingerprint density at radius 3 is 2.71 bits per heavy atom. The second kappa shape index (κ2) is 4.52. The van der Waals surface area contributed by atoms with E-state index in [9.17, 15) is 18.5 Å². The van der Waals surface area contributed by atoms with Crippen LogP contribution in [0.25, 0.3) is 0 Å². The van der Waals surface area contributed by atoms with Gasteiger partial charge in [0, 0.05) is 12.6 Å². The summed E-state index contributed by atoms with van der Waals surface area (Å²) in [6, 6.07) is 0.988. The average molecular weight is 297 g/mol. The maximum atomic E-state index is 11.8. The topological polar surface area (TPSA) is 89.3 Å². The molecule has 0 bridgehead atoms. The van der Waals surface area contributed by atoms with Crippen LogP contribution in [0, 0.1) is 16.0 Å². The maximum Gasteiger partial charge on any atom is 0.300 e. The summed E-state index contributed by atoms with van der Waals surface area (Å²) >= 11 is 6.30. The van der Waals surface area contributed by atoms with Crippen molar-refractivity contribution in [2.75, 3.05) is 6.54 Å². The van der Waals surface area contributed by atoms with Gasteiger partial charge >= 0.3 is 0 Å². The Morgan fingerprint density at radius 2 is 2.24 bits per heavy atom. The highest BCUT2D eigenvalue weighted by atomic mass is 35.5. The number of nitrogens with one attached hydrogen (secondary N) is 1. The van der Waals surface area contributed by atoms with Crippen molar-refractivity contribution in [3.8, 4) is 0 Å². The second-order valence-corrected chi connectivity index (χ2v) is 7.42. The predicted molar refractivity (Wildman–Crippen MR) is 63.9 cm³/mol. The molecule has 1 heterocycles. The molecular weight excluding hydrogens is 288 g/mol. The smallest absolute Gasteiger partial charge is 0.258 e. The first kappa shape index (κ1) is 12.7. The lowest BCUT2D eigenvalue weighted by atomic mass is 10.4. The van der Waals surface area contributed by atoms with E-state index in [1.807, 2.05) is 0 Å². The third kappa shape index (κ3) is 2.95. The van der Waals surface area contributed by atoms with E-state index in [0.717, 1.165) is 18.9 Å². The van der Waals surface area contributed by atoms with Crippen molar-refractivity contribution in [1.29, 1.82) is 0 Å². The molecule has 0 aliphatic heterocycles. The molecule has 2 rings (SSSR count). The Labute approximate surface area is 107 Å². The van der Waals surface area contributed by atoms with Crippen LogP contribution in [0.5, 0.6) is 0 Å². The number of hydrogen-bond acceptors (Lipinski definition) is 5. The molecule has 1 aromatic heterocycles. The molecule has 0 unspecified atom stereocenters. The zero-order chi connectivity index (χ0) is 12.6. The highest BCUT2D eigenvalue weighted by Gasteiger charge is 2.28. The summed E-state index contributed by atoms with van der Waals surface area (Å²) in [4.78, 5) is 9.86. The van der Waals surface area contributed by atoms with E-state index in [-0.39, 0.29) is 14.2 Å². The molecule has 1 aromatic rings. The van der Waals surface area contributed by atoms with Crippen LogP contribution in [0.1, 0.15) is 12.8 Å². The summed E-state index contributed by atoms with van der Waals surface area (Å²) in [7, 11) is -3.67. The van der Waals surface area contributed by atoms with Crippen LogP contribution in [-0.2, 0) is 10.0 Å². The highest BCUT2D eigenvalue weighted by molar-refractivity contribution is 7.91. The molecule has 9 heteroatoms. The largest absolute Gasteiger partial charge is 0.300 e. The third-order valence-electron chi connectivity index (χ3n) is 2.37. The van der Waals surface area contributed by atoms with E-state index in [4.69, 9.17) is 11.6 Å². The average Bonchev–Trinajstić information content (AvgIpc) is 2.97. The quantitative estimate of drug-likeness (QED) is 0.665. The van der Waals surface area contributed by atoms with E-state index in [2.05, 4.69) is 4.72 Å². The van der Waals surface area contributed by atoms with Gasteiger partial charge in [0.05, 0.1) is 4.92 Å². The number of halogens is 1. The van der Waals surface area contributed by atoms with Gasteiger partial charge in [-0.25, -0.2) is 13.1 Å². The Morgan fingerprint density at radius 1 is 1.59 bits per heavy atom. The van der Waals surface area contributed by atoms with Crippen molar-refractivity contribution >= 4 is 38.6 Å². The summed E-state index contributed by atoms with van der Waals surface area (Å²) < 4.78 is 25.7. The Kier molecular flexibility index (Phi) is 3.39. The van der Waals surface area contributed by atoms with Crippen molar-refractivity contribution < 1.29 is 13.3 Å². The number of nitro groups is 1.